The summed E-state index contributed by atoms with van der Waals surface area (Å²) in [5.74, 6) is 0.403. The molecule has 0 bridgehead atoms. The summed E-state index contributed by atoms with van der Waals surface area (Å²) in [6, 6.07) is 20.7. The van der Waals surface area contributed by atoms with Gasteiger partial charge in [0.2, 0.25) is 0 Å². The van der Waals surface area contributed by atoms with Gasteiger partial charge in [0.05, 0.1) is 25.0 Å². The van der Waals surface area contributed by atoms with Crippen LogP contribution in [0.5, 0.6) is 5.75 Å². The smallest absolute Gasteiger partial charge is 0.310 e. The summed E-state index contributed by atoms with van der Waals surface area (Å²) in [5, 5.41) is 4.75. The second-order valence-corrected chi connectivity index (χ2v) is 9.57. The zero-order valence-corrected chi connectivity index (χ0v) is 21.3. The number of anilines is 1. The molecule has 37 heavy (non-hydrogen) atoms. The van der Waals surface area contributed by atoms with Crippen molar-refractivity contribution in [2.24, 2.45) is 5.73 Å². The third kappa shape index (κ3) is 5.81. The van der Waals surface area contributed by atoms with Crippen LogP contribution in [0.1, 0.15) is 49.3 Å². The molecule has 5 rings (SSSR count). The molecule has 1 heterocycles. The standard InChI is InChI=1S/C31H34N2O4/c1-2-35-30(34)17-23-9-3-6-13-29(23)36-19-25-20-37-31-27(25)15-24(22-10-7-8-21(14-22)18-32)16-28(31)33-26-11-4-5-12-26/h3,6-10,13-16,20,26,33H,2,4-5,11-12,17-19,32H2,1H3. The molecule has 0 radical (unpaired) electrons. The topological polar surface area (TPSA) is 86.7 Å². The fraction of sp³-hybridized carbons (Fsp3) is 0.323. The molecule has 6 heteroatoms. The Labute approximate surface area is 217 Å². The highest BCUT2D eigenvalue weighted by molar-refractivity contribution is 5.96. The first-order valence-corrected chi connectivity index (χ1v) is 13.1. The third-order valence-corrected chi connectivity index (χ3v) is 6.96. The monoisotopic (exact) mass is 498 g/mol. The van der Waals surface area contributed by atoms with E-state index in [0.29, 0.717) is 31.5 Å². The number of para-hydroxylation sites is 1. The van der Waals surface area contributed by atoms with Crippen LogP contribution in [0.25, 0.3) is 22.1 Å². The summed E-state index contributed by atoms with van der Waals surface area (Å²) < 4.78 is 17.4. The van der Waals surface area contributed by atoms with Crippen LogP contribution < -0.4 is 15.8 Å². The van der Waals surface area contributed by atoms with Crippen LogP contribution in [-0.4, -0.2) is 18.6 Å². The molecule has 3 N–H and O–H groups in total. The lowest BCUT2D eigenvalue weighted by Crippen LogP contribution is -2.14. The second-order valence-electron chi connectivity index (χ2n) is 9.57. The Morgan fingerprint density at radius 3 is 2.68 bits per heavy atom. The van der Waals surface area contributed by atoms with E-state index in [1.54, 1.807) is 13.2 Å². The lowest BCUT2D eigenvalue weighted by molar-refractivity contribution is -0.142. The Morgan fingerprint density at radius 2 is 1.86 bits per heavy atom. The number of carbonyl (C=O) groups is 1. The van der Waals surface area contributed by atoms with Crippen molar-refractivity contribution in [3.63, 3.8) is 0 Å². The van der Waals surface area contributed by atoms with E-state index >= 15 is 0 Å². The summed E-state index contributed by atoms with van der Waals surface area (Å²) in [6.45, 7) is 2.98. The van der Waals surface area contributed by atoms with E-state index in [1.165, 1.54) is 25.7 Å². The molecule has 3 aromatic carbocycles. The lowest BCUT2D eigenvalue weighted by Gasteiger charge is -2.16. The molecule has 0 aliphatic heterocycles. The van der Waals surface area contributed by atoms with E-state index in [0.717, 1.165) is 44.5 Å². The summed E-state index contributed by atoms with van der Waals surface area (Å²) in [5.41, 5.74) is 12.8. The Kier molecular flexibility index (Phi) is 7.76. The number of benzene rings is 3. The quantitative estimate of drug-likeness (QED) is 0.240. The number of carbonyl (C=O) groups excluding carboxylic acids is 1. The van der Waals surface area contributed by atoms with Crippen LogP contribution in [0.2, 0.25) is 0 Å². The predicted octanol–water partition coefficient (Wildman–Crippen LogP) is 6.60. The minimum atomic E-state index is -0.265. The molecule has 1 aromatic heterocycles. The van der Waals surface area contributed by atoms with Crippen molar-refractivity contribution in [2.75, 3.05) is 11.9 Å². The first kappa shape index (κ1) is 24.9. The van der Waals surface area contributed by atoms with Gasteiger partial charge in [-0.3, -0.25) is 4.79 Å². The largest absolute Gasteiger partial charge is 0.488 e. The fourth-order valence-corrected chi connectivity index (χ4v) is 5.06. The van der Waals surface area contributed by atoms with E-state index in [-0.39, 0.29) is 12.4 Å². The van der Waals surface area contributed by atoms with Gasteiger partial charge in [-0.25, -0.2) is 0 Å². The van der Waals surface area contributed by atoms with Crippen molar-refractivity contribution in [1.82, 2.24) is 0 Å². The van der Waals surface area contributed by atoms with Crippen molar-refractivity contribution in [3.8, 4) is 16.9 Å². The molecule has 0 spiro atoms. The normalized spacial score (nSPS) is 13.7. The minimum absolute atomic E-state index is 0.174. The molecule has 1 fully saturated rings. The first-order valence-electron chi connectivity index (χ1n) is 13.1. The molecule has 0 unspecified atom stereocenters. The predicted molar refractivity (Wildman–Crippen MR) is 147 cm³/mol. The number of hydrogen-bond acceptors (Lipinski definition) is 6. The molecule has 4 aromatic rings. The maximum atomic E-state index is 12.1. The summed E-state index contributed by atoms with van der Waals surface area (Å²) in [7, 11) is 0. The molecule has 0 amide bonds. The SMILES string of the molecule is CCOC(=O)Cc1ccccc1OCc1coc2c(NC3CCCC3)cc(-c3cccc(CN)c3)cc12. The van der Waals surface area contributed by atoms with E-state index < -0.39 is 0 Å². The van der Waals surface area contributed by atoms with Crippen molar-refractivity contribution in [1.29, 1.82) is 0 Å². The second kappa shape index (κ2) is 11.5. The number of nitrogens with one attached hydrogen (secondary N) is 1. The fourth-order valence-electron chi connectivity index (χ4n) is 5.06. The Hall–Kier alpha value is -3.77. The minimum Gasteiger partial charge on any atom is -0.488 e. The Balaban J connectivity index is 1.47. The van der Waals surface area contributed by atoms with Crippen LogP contribution in [-0.2, 0) is 29.1 Å². The Bertz CT molecular complexity index is 1370. The number of furan rings is 1. The van der Waals surface area contributed by atoms with Gasteiger partial charge in [-0.15, -0.1) is 0 Å². The molecule has 1 saturated carbocycles. The van der Waals surface area contributed by atoms with Crippen molar-refractivity contribution in [3.05, 3.63) is 83.6 Å². The van der Waals surface area contributed by atoms with Crippen LogP contribution in [0.3, 0.4) is 0 Å². The summed E-state index contributed by atoms with van der Waals surface area (Å²) in [4.78, 5) is 12.1. The number of nitrogens with two attached hydrogens (primary N) is 1. The average Bonchev–Trinajstić information content (AvgIpc) is 3.58. The molecule has 1 aliphatic rings. The van der Waals surface area contributed by atoms with E-state index in [9.17, 15) is 4.79 Å². The molecule has 0 saturated heterocycles. The number of rotatable bonds is 10. The van der Waals surface area contributed by atoms with Gasteiger partial charge in [0.15, 0.2) is 5.58 Å². The highest BCUT2D eigenvalue weighted by atomic mass is 16.5. The van der Waals surface area contributed by atoms with Gasteiger partial charge in [0, 0.05) is 29.1 Å². The lowest BCUT2D eigenvalue weighted by atomic mass is 9.99. The number of hydrogen-bond donors (Lipinski definition) is 2. The van der Waals surface area contributed by atoms with Gasteiger partial charge in [-0.05, 0) is 60.7 Å². The van der Waals surface area contributed by atoms with Crippen molar-refractivity contribution >= 4 is 22.6 Å². The molecule has 192 valence electrons. The third-order valence-electron chi connectivity index (χ3n) is 6.96. The van der Waals surface area contributed by atoms with Gasteiger partial charge < -0.3 is 24.9 Å². The van der Waals surface area contributed by atoms with Crippen LogP contribution >= 0.6 is 0 Å². The van der Waals surface area contributed by atoms with Crippen molar-refractivity contribution < 1.29 is 18.7 Å². The summed E-state index contributed by atoms with van der Waals surface area (Å²) in [6.07, 6.45) is 6.79. The maximum absolute atomic E-state index is 12.1. The molecular formula is C31H34N2O4. The van der Waals surface area contributed by atoms with Crippen molar-refractivity contribution in [2.45, 2.75) is 58.2 Å². The van der Waals surface area contributed by atoms with Gasteiger partial charge in [0.1, 0.15) is 12.4 Å². The van der Waals surface area contributed by atoms with E-state index in [2.05, 4.69) is 29.6 Å². The zero-order valence-electron chi connectivity index (χ0n) is 21.3. The molecule has 0 atom stereocenters. The average molecular weight is 499 g/mol. The zero-order chi connectivity index (χ0) is 25.6. The van der Waals surface area contributed by atoms with E-state index in [4.69, 9.17) is 19.6 Å². The van der Waals surface area contributed by atoms with Crippen LogP contribution in [0.15, 0.2) is 71.3 Å². The van der Waals surface area contributed by atoms with Crippen LogP contribution in [0, 0.1) is 0 Å². The highest BCUT2D eigenvalue weighted by Crippen LogP contribution is 2.36. The van der Waals surface area contributed by atoms with Gasteiger partial charge in [-0.2, -0.15) is 0 Å². The summed E-state index contributed by atoms with van der Waals surface area (Å²) >= 11 is 0. The number of esters is 1. The van der Waals surface area contributed by atoms with Gasteiger partial charge in [-0.1, -0.05) is 49.2 Å². The van der Waals surface area contributed by atoms with Gasteiger partial charge >= 0.3 is 5.97 Å². The number of fused-ring (bicyclic) bond motifs is 1. The van der Waals surface area contributed by atoms with Gasteiger partial charge in [0.25, 0.3) is 0 Å². The molecule has 1 aliphatic carbocycles. The molecular weight excluding hydrogens is 464 g/mol. The highest BCUT2D eigenvalue weighted by Gasteiger charge is 2.20. The van der Waals surface area contributed by atoms with Crippen LogP contribution in [0.4, 0.5) is 5.69 Å². The molecule has 6 nitrogen and oxygen atoms in total. The maximum Gasteiger partial charge on any atom is 0.310 e. The Morgan fingerprint density at radius 1 is 1.03 bits per heavy atom. The number of ether oxygens (including phenoxy) is 2. The first-order chi connectivity index (χ1) is 18.1. The van der Waals surface area contributed by atoms with E-state index in [1.807, 2.05) is 36.4 Å².